The Morgan fingerprint density at radius 3 is 2.32 bits per heavy atom. The highest BCUT2D eigenvalue weighted by Gasteiger charge is 2.26. The van der Waals surface area contributed by atoms with Crippen LogP contribution in [0.1, 0.15) is 6.92 Å². The number of hydrogen-bond donors (Lipinski definition) is 3. The van der Waals surface area contributed by atoms with Crippen LogP contribution in [0.2, 0.25) is 0 Å². The molecule has 2 amide bonds. The van der Waals surface area contributed by atoms with Gasteiger partial charge < -0.3 is 15.7 Å². The van der Waals surface area contributed by atoms with Crippen molar-refractivity contribution in [3.05, 3.63) is 12.7 Å². The number of nitrogens with one attached hydrogen (secondary N) is 2. The molecule has 0 aliphatic rings. The number of sulfone groups is 1. The first-order chi connectivity index (χ1) is 8.70. The van der Waals surface area contributed by atoms with Gasteiger partial charge in [-0.3, -0.25) is 14.4 Å². The van der Waals surface area contributed by atoms with Crippen molar-refractivity contribution in [2.45, 2.75) is 12.2 Å². The highest BCUT2D eigenvalue weighted by molar-refractivity contribution is 7.92. The lowest BCUT2D eigenvalue weighted by Crippen LogP contribution is -2.44. The zero-order valence-corrected chi connectivity index (χ0v) is 11.2. The van der Waals surface area contributed by atoms with Gasteiger partial charge in [0.1, 0.15) is 11.8 Å². The fourth-order valence-corrected chi connectivity index (χ4v) is 2.05. The fraction of sp³-hybridized carbons (Fsp3) is 0.500. The fourth-order valence-electron chi connectivity index (χ4n) is 1.02. The van der Waals surface area contributed by atoms with Crippen molar-refractivity contribution in [1.82, 2.24) is 10.6 Å². The van der Waals surface area contributed by atoms with E-state index in [0.717, 1.165) is 0 Å². The van der Waals surface area contributed by atoms with E-state index in [-0.39, 0.29) is 5.75 Å². The molecule has 0 aliphatic heterocycles. The molecule has 8 nitrogen and oxygen atoms in total. The van der Waals surface area contributed by atoms with Crippen molar-refractivity contribution in [1.29, 1.82) is 0 Å². The molecule has 9 heteroatoms. The van der Waals surface area contributed by atoms with E-state index in [4.69, 9.17) is 5.11 Å². The Hall–Kier alpha value is -1.90. The molecule has 0 spiro atoms. The van der Waals surface area contributed by atoms with Crippen LogP contribution < -0.4 is 10.6 Å². The molecular formula is C10H16N2O6S. The van der Waals surface area contributed by atoms with E-state index in [2.05, 4.69) is 11.9 Å². The number of carboxylic acid groups (broad SMARTS) is 1. The second-order valence-corrected chi connectivity index (χ2v) is 6.01. The molecule has 0 fully saturated rings. The standard InChI is InChI=1S/C10H16N2O6S/c1-3-4-19(17,18)7(2)10(16)12-5-8(13)11-6-9(14)15/h3,7H,1,4-6H2,2H3,(H,11,13)(H,12,16)(H,14,15). The molecule has 0 heterocycles. The van der Waals surface area contributed by atoms with Crippen LogP contribution in [0.4, 0.5) is 0 Å². The first-order valence-electron chi connectivity index (χ1n) is 5.29. The zero-order valence-electron chi connectivity index (χ0n) is 10.4. The van der Waals surface area contributed by atoms with Gasteiger partial charge in [0.15, 0.2) is 9.84 Å². The molecule has 0 radical (unpaired) electrons. The number of carbonyl (C=O) groups excluding carboxylic acids is 2. The maximum Gasteiger partial charge on any atom is 0.322 e. The SMILES string of the molecule is C=CCS(=O)(=O)C(C)C(=O)NCC(=O)NCC(=O)O. The van der Waals surface area contributed by atoms with Crippen LogP contribution in [0, 0.1) is 0 Å². The largest absolute Gasteiger partial charge is 0.480 e. The zero-order chi connectivity index (χ0) is 15.1. The molecule has 0 bridgehead atoms. The summed E-state index contributed by atoms with van der Waals surface area (Å²) < 4.78 is 23.0. The van der Waals surface area contributed by atoms with Crippen molar-refractivity contribution in [2.24, 2.45) is 0 Å². The smallest absolute Gasteiger partial charge is 0.322 e. The van der Waals surface area contributed by atoms with E-state index in [1.165, 1.54) is 13.0 Å². The van der Waals surface area contributed by atoms with Gasteiger partial charge in [-0.2, -0.15) is 0 Å². The highest BCUT2D eigenvalue weighted by Crippen LogP contribution is 2.02. The van der Waals surface area contributed by atoms with E-state index >= 15 is 0 Å². The summed E-state index contributed by atoms with van der Waals surface area (Å²) in [6.45, 7) is 3.41. The number of carboxylic acids is 1. The summed E-state index contributed by atoms with van der Waals surface area (Å²) in [5, 5.41) is 11.1. The number of aliphatic carboxylic acids is 1. The molecule has 19 heavy (non-hydrogen) atoms. The van der Waals surface area contributed by atoms with Gasteiger partial charge in [0.05, 0.1) is 12.3 Å². The monoisotopic (exact) mass is 292 g/mol. The third-order valence-electron chi connectivity index (χ3n) is 2.12. The number of rotatable bonds is 8. The Labute approximate surface area is 110 Å². The summed E-state index contributed by atoms with van der Waals surface area (Å²) in [4.78, 5) is 32.7. The Morgan fingerprint density at radius 2 is 1.84 bits per heavy atom. The third kappa shape index (κ3) is 6.55. The number of carbonyl (C=O) groups is 3. The van der Waals surface area contributed by atoms with Gasteiger partial charge >= 0.3 is 5.97 Å². The Kier molecular flexibility index (Phi) is 6.76. The van der Waals surface area contributed by atoms with Gasteiger partial charge in [-0.1, -0.05) is 6.08 Å². The Balaban J connectivity index is 4.28. The van der Waals surface area contributed by atoms with E-state index in [0.29, 0.717) is 0 Å². The van der Waals surface area contributed by atoms with E-state index < -0.39 is 46.0 Å². The minimum Gasteiger partial charge on any atom is -0.480 e. The van der Waals surface area contributed by atoms with Gasteiger partial charge in [0, 0.05) is 0 Å². The molecule has 0 aromatic heterocycles. The van der Waals surface area contributed by atoms with Crippen molar-refractivity contribution in [2.75, 3.05) is 18.8 Å². The van der Waals surface area contributed by atoms with E-state index in [9.17, 15) is 22.8 Å². The lowest BCUT2D eigenvalue weighted by Gasteiger charge is -2.11. The van der Waals surface area contributed by atoms with Crippen molar-refractivity contribution in [3.63, 3.8) is 0 Å². The normalized spacial score (nSPS) is 12.3. The quantitative estimate of drug-likeness (QED) is 0.457. The minimum atomic E-state index is -3.64. The average Bonchev–Trinajstić information content (AvgIpc) is 2.32. The minimum absolute atomic E-state index is 0.340. The first kappa shape index (κ1) is 17.1. The van der Waals surface area contributed by atoms with Crippen LogP contribution in [0.3, 0.4) is 0 Å². The summed E-state index contributed by atoms with van der Waals surface area (Å²) in [5.74, 6) is -3.11. The molecule has 0 saturated carbocycles. The lowest BCUT2D eigenvalue weighted by molar-refractivity contribution is -0.137. The van der Waals surface area contributed by atoms with Crippen molar-refractivity contribution in [3.8, 4) is 0 Å². The molecule has 1 atom stereocenters. The Morgan fingerprint density at radius 1 is 1.26 bits per heavy atom. The number of amides is 2. The summed E-state index contributed by atoms with van der Waals surface area (Å²) in [6, 6.07) is 0. The summed E-state index contributed by atoms with van der Waals surface area (Å²) in [6.07, 6.45) is 1.17. The Bertz CT molecular complexity index is 470. The summed E-state index contributed by atoms with van der Waals surface area (Å²) in [7, 11) is -3.64. The van der Waals surface area contributed by atoms with E-state index in [1.54, 1.807) is 0 Å². The van der Waals surface area contributed by atoms with Crippen LogP contribution in [0.5, 0.6) is 0 Å². The van der Waals surface area contributed by atoms with Crippen LogP contribution in [0.25, 0.3) is 0 Å². The molecule has 1 unspecified atom stereocenters. The summed E-state index contributed by atoms with van der Waals surface area (Å²) >= 11 is 0. The second-order valence-electron chi connectivity index (χ2n) is 3.65. The van der Waals surface area contributed by atoms with Crippen molar-refractivity contribution < 1.29 is 27.9 Å². The molecule has 3 N–H and O–H groups in total. The first-order valence-corrected chi connectivity index (χ1v) is 7.01. The molecule has 0 aliphatic carbocycles. The molecular weight excluding hydrogens is 276 g/mol. The second kappa shape index (κ2) is 7.52. The van der Waals surface area contributed by atoms with Gasteiger partial charge in [-0.15, -0.1) is 6.58 Å². The third-order valence-corrected chi connectivity index (χ3v) is 4.11. The van der Waals surface area contributed by atoms with Crippen LogP contribution in [0.15, 0.2) is 12.7 Å². The van der Waals surface area contributed by atoms with Crippen LogP contribution >= 0.6 is 0 Å². The topological polar surface area (TPSA) is 130 Å². The maximum atomic E-state index is 11.5. The van der Waals surface area contributed by atoms with Gasteiger partial charge in [-0.05, 0) is 6.92 Å². The maximum absolute atomic E-state index is 11.5. The lowest BCUT2D eigenvalue weighted by atomic mass is 10.4. The van der Waals surface area contributed by atoms with Crippen LogP contribution in [-0.4, -0.2) is 55.4 Å². The number of hydrogen-bond acceptors (Lipinski definition) is 5. The molecule has 108 valence electrons. The predicted molar refractivity (Wildman–Crippen MR) is 67.1 cm³/mol. The van der Waals surface area contributed by atoms with Crippen LogP contribution in [-0.2, 0) is 24.2 Å². The van der Waals surface area contributed by atoms with Crippen molar-refractivity contribution >= 4 is 27.6 Å². The molecule has 0 aromatic carbocycles. The summed E-state index contributed by atoms with van der Waals surface area (Å²) in [5.41, 5.74) is 0. The molecule has 0 rings (SSSR count). The van der Waals surface area contributed by atoms with Gasteiger partial charge in [0.2, 0.25) is 11.8 Å². The predicted octanol–water partition coefficient (Wildman–Crippen LogP) is -1.71. The van der Waals surface area contributed by atoms with E-state index in [1.807, 2.05) is 5.32 Å². The highest BCUT2D eigenvalue weighted by atomic mass is 32.2. The molecule has 0 aromatic rings. The molecule has 0 saturated heterocycles. The average molecular weight is 292 g/mol. The van der Waals surface area contributed by atoms with Gasteiger partial charge in [-0.25, -0.2) is 8.42 Å². The van der Waals surface area contributed by atoms with Gasteiger partial charge in [0.25, 0.3) is 0 Å².